The molecule has 2 aromatic rings. The Kier molecular flexibility index (Phi) is 2.49. The highest BCUT2D eigenvalue weighted by Gasteiger charge is 2.34. The Labute approximate surface area is 111 Å². The molecular weight excluding hydrogens is 240 g/mol. The number of ketones is 1. The van der Waals surface area contributed by atoms with Gasteiger partial charge in [-0.2, -0.15) is 5.10 Å². The number of fused-ring (bicyclic) bond motifs is 1. The Morgan fingerprint density at radius 3 is 2.58 bits per heavy atom. The minimum Gasteiger partial charge on any atom is -0.508 e. The fourth-order valence-electron chi connectivity index (χ4n) is 2.70. The van der Waals surface area contributed by atoms with E-state index in [2.05, 4.69) is 24.0 Å². The minimum atomic E-state index is -0.0111. The van der Waals surface area contributed by atoms with Gasteiger partial charge in [-0.05, 0) is 36.1 Å². The molecule has 98 valence electrons. The van der Waals surface area contributed by atoms with Crippen LogP contribution in [0.15, 0.2) is 24.3 Å². The Hall–Kier alpha value is -2.10. The lowest BCUT2D eigenvalue weighted by molar-refractivity contribution is 0.0912. The summed E-state index contributed by atoms with van der Waals surface area (Å²) in [5, 5.41) is 16.6. The second-order valence-corrected chi connectivity index (χ2v) is 5.91. The number of aromatic hydroxyl groups is 1. The van der Waals surface area contributed by atoms with E-state index in [1.54, 1.807) is 24.3 Å². The molecule has 1 aliphatic rings. The number of nitrogens with one attached hydrogen (secondary N) is 1. The van der Waals surface area contributed by atoms with Gasteiger partial charge < -0.3 is 5.11 Å². The lowest BCUT2D eigenvalue weighted by atomic mass is 9.75. The standard InChI is InChI=1S/C15H16N2O2/c1-15(2)7-11-13(12(19)8-15)14(17-16-11)9-3-5-10(18)6-4-9/h3-6,18H,7-8H2,1-2H3,(H,16,17). The van der Waals surface area contributed by atoms with Crippen molar-refractivity contribution in [2.75, 3.05) is 0 Å². The molecule has 0 saturated heterocycles. The zero-order valence-electron chi connectivity index (χ0n) is 11.0. The summed E-state index contributed by atoms with van der Waals surface area (Å²) in [6.45, 7) is 4.18. The Bertz CT molecular complexity index is 639. The zero-order chi connectivity index (χ0) is 13.6. The van der Waals surface area contributed by atoms with Crippen LogP contribution in [0.3, 0.4) is 0 Å². The molecule has 0 saturated carbocycles. The lowest BCUT2D eigenvalue weighted by Gasteiger charge is -2.27. The molecule has 0 aliphatic heterocycles. The van der Waals surface area contributed by atoms with E-state index < -0.39 is 0 Å². The van der Waals surface area contributed by atoms with Gasteiger partial charge >= 0.3 is 0 Å². The third-order valence-electron chi connectivity index (χ3n) is 3.56. The van der Waals surface area contributed by atoms with Crippen LogP contribution < -0.4 is 0 Å². The molecule has 1 heterocycles. The number of phenols is 1. The number of hydrogen-bond donors (Lipinski definition) is 2. The highest BCUT2D eigenvalue weighted by Crippen LogP contribution is 2.37. The van der Waals surface area contributed by atoms with Crippen LogP contribution in [0.4, 0.5) is 0 Å². The van der Waals surface area contributed by atoms with Gasteiger partial charge in [0.1, 0.15) is 11.4 Å². The molecule has 0 spiro atoms. The van der Waals surface area contributed by atoms with E-state index in [9.17, 15) is 9.90 Å². The van der Waals surface area contributed by atoms with Gasteiger partial charge in [0.15, 0.2) is 5.78 Å². The molecule has 4 heteroatoms. The number of H-pyrrole nitrogens is 1. The first-order valence-electron chi connectivity index (χ1n) is 6.36. The molecule has 0 amide bonds. The molecule has 3 rings (SSSR count). The molecule has 0 bridgehead atoms. The van der Waals surface area contributed by atoms with Crippen molar-refractivity contribution < 1.29 is 9.90 Å². The van der Waals surface area contributed by atoms with Crippen LogP contribution >= 0.6 is 0 Å². The van der Waals surface area contributed by atoms with E-state index in [-0.39, 0.29) is 16.9 Å². The first-order chi connectivity index (χ1) is 8.96. The third-order valence-corrected chi connectivity index (χ3v) is 3.56. The topological polar surface area (TPSA) is 66.0 Å². The highest BCUT2D eigenvalue weighted by molar-refractivity contribution is 6.03. The predicted octanol–water partition coefficient (Wildman–Crippen LogP) is 2.94. The van der Waals surface area contributed by atoms with Crippen molar-refractivity contribution in [3.05, 3.63) is 35.5 Å². The van der Waals surface area contributed by atoms with Gasteiger partial charge in [0, 0.05) is 17.7 Å². The summed E-state index contributed by atoms with van der Waals surface area (Å²) in [6.07, 6.45) is 1.38. The number of phenolic OH excluding ortho intramolecular Hbond substituents is 1. The van der Waals surface area contributed by atoms with Crippen molar-refractivity contribution in [2.45, 2.75) is 26.7 Å². The maximum atomic E-state index is 12.3. The van der Waals surface area contributed by atoms with Crippen LogP contribution in [-0.4, -0.2) is 21.1 Å². The zero-order valence-corrected chi connectivity index (χ0v) is 11.0. The minimum absolute atomic E-state index is 0.0111. The summed E-state index contributed by atoms with van der Waals surface area (Å²) in [7, 11) is 0. The number of aromatic amines is 1. The van der Waals surface area contributed by atoms with Crippen LogP contribution in [0.5, 0.6) is 5.75 Å². The first-order valence-corrected chi connectivity index (χ1v) is 6.36. The first kappa shape index (κ1) is 12.0. The van der Waals surface area contributed by atoms with Gasteiger partial charge in [0.2, 0.25) is 0 Å². The average molecular weight is 256 g/mol. The van der Waals surface area contributed by atoms with Crippen LogP contribution in [0.1, 0.15) is 36.3 Å². The number of rotatable bonds is 1. The van der Waals surface area contributed by atoms with Gasteiger partial charge in [-0.25, -0.2) is 0 Å². The molecule has 0 fully saturated rings. The summed E-state index contributed by atoms with van der Waals surface area (Å²) in [6, 6.07) is 6.76. The van der Waals surface area contributed by atoms with E-state index in [1.165, 1.54) is 0 Å². The number of carbonyl (C=O) groups excluding carboxylic acids is 1. The molecule has 0 radical (unpaired) electrons. The van der Waals surface area contributed by atoms with E-state index in [1.807, 2.05) is 0 Å². The quantitative estimate of drug-likeness (QED) is 0.824. The van der Waals surface area contributed by atoms with Crippen molar-refractivity contribution in [3.8, 4) is 17.0 Å². The number of nitrogens with zero attached hydrogens (tertiary/aromatic N) is 1. The molecule has 1 aliphatic carbocycles. The van der Waals surface area contributed by atoms with Gasteiger partial charge in [-0.3, -0.25) is 9.89 Å². The fourth-order valence-corrected chi connectivity index (χ4v) is 2.70. The molecule has 19 heavy (non-hydrogen) atoms. The highest BCUT2D eigenvalue weighted by atomic mass is 16.3. The van der Waals surface area contributed by atoms with Crippen molar-refractivity contribution in [2.24, 2.45) is 5.41 Å². The molecular formula is C15H16N2O2. The van der Waals surface area contributed by atoms with Crippen molar-refractivity contribution in [3.63, 3.8) is 0 Å². The number of aromatic nitrogens is 2. The number of Topliss-reactive ketones (excluding diaryl/α,β-unsaturated/α-hetero) is 1. The SMILES string of the molecule is CC1(C)CC(=O)c2c(-c3ccc(O)cc3)n[nH]c2C1. The van der Waals surface area contributed by atoms with Crippen molar-refractivity contribution in [1.29, 1.82) is 0 Å². The van der Waals surface area contributed by atoms with Crippen LogP contribution in [-0.2, 0) is 6.42 Å². The van der Waals surface area contributed by atoms with E-state index in [0.717, 1.165) is 17.7 Å². The molecule has 0 atom stereocenters. The van der Waals surface area contributed by atoms with Crippen LogP contribution in [0.25, 0.3) is 11.3 Å². The maximum absolute atomic E-state index is 12.3. The summed E-state index contributed by atoms with van der Waals surface area (Å²) >= 11 is 0. The molecule has 2 N–H and O–H groups in total. The maximum Gasteiger partial charge on any atom is 0.167 e. The second-order valence-electron chi connectivity index (χ2n) is 5.91. The molecule has 1 aromatic carbocycles. The largest absolute Gasteiger partial charge is 0.508 e. The van der Waals surface area contributed by atoms with Gasteiger partial charge in [-0.15, -0.1) is 0 Å². The summed E-state index contributed by atoms with van der Waals surface area (Å²) in [4.78, 5) is 12.3. The van der Waals surface area contributed by atoms with Crippen molar-refractivity contribution in [1.82, 2.24) is 10.2 Å². The fraction of sp³-hybridized carbons (Fsp3) is 0.333. The Balaban J connectivity index is 2.09. The summed E-state index contributed by atoms with van der Waals surface area (Å²) < 4.78 is 0. The van der Waals surface area contributed by atoms with Gasteiger partial charge in [0.25, 0.3) is 0 Å². The molecule has 4 nitrogen and oxygen atoms in total. The number of carbonyl (C=O) groups is 1. The predicted molar refractivity (Wildman–Crippen MR) is 72.1 cm³/mol. The van der Waals surface area contributed by atoms with Crippen molar-refractivity contribution >= 4 is 5.78 Å². The lowest BCUT2D eigenvalue weighted by Crippen LogP contribution is -2.26. The molecule has 1 aromatic heterocycles. The normalized spacial score (nSPS) is 17.3. The van der Waals surface area contributed by atoms with Gasteiger partial charge in [0.05, 0.1) is 5.56 Å². The molecule has 0 unspecified atom stereocenters. The van der Waals surface area contributed by atoms with Crippen LogP contribution in [0.2, 0.25) is 0 Å². The second kappa shape index (κ2) is 3.95. The smallest absolute Gasteiger partial charge is 0.167 e. The number of benzene rings is 1. The number of hydrogen-bond acceptors (Lipinski definition) is 3. The monoisotopic (exact) mass is 256 g/mol. The van der Waals surface area contributed by atoms with Gasteiger partial charge in [-0.1, -0.05) is 13.8 Å². The Morgan fingerprint density at radius 2 is 1.89 bits per heavy atom. The van der Waals surface area contributed by atoms with E-state index in [4.69, 9.17) is 0 Å². The summed E-state index contributed by atoms with van der Waals surface area (Å²) in [5.41, 5.74) is 3.16. The van der Waals surface area contributed by atoms with E-state index in [0.29, 0.717) is 17.7 Å². The Morgan fingerprint density at radius 1 is 1.21 bits per heavy atom. The van der Waals surface area contributed by atoms with Crippen LogP contribution in [0, 0.1) is 5.41 Å². The average Bonchev–Trinajstić information content (AvgIpc) is 2.72. The third kappa shape index (κ3) is 2.03. The van der Waals surface area contributed by atoms with E-state index >= 15 is 0 Å². The summed E-state index contributed by atoms with van der Waals surface area (Å²) in [5.74, 6) is 0.351.